The van der Waals surface area contributed by atoms with Crippen LogP contribution in [0, 0.1) is 0 Å². The van der Waals surface area contributed by atoms with Gasteiger partial charge in [0.05, 0.1) is 39.9 Å². The van der Waals surface area contributed by atoms with Gasteiger partial charge in [-0.2, -0.15) is 0 Å². The number of aliphatic hydroxyl groups excluding tert-OH is 1. The van der Waals surface area contributed by atoms with Crippen LogP contribution in [0.4, 0.5) is 0 Å². The second kappa shape index (κ2) is 28.0. The van der Waals surface area contributed by atoms with Gasteiger partial charge in [-0.05, 0) is 51.4 Å². The van der Waals surface area contributed by atoms with E-state index in [4.69, 9.17) is 9.05 Å². The molecule has 0 aliphatic rings. The molecular weight excluding hydrogens is 575 g/mol. The lowest BCUT2D eigenvalue weighted by atomic mass is 10.1. The lowest BCUT2D eigenvalue weighted by Crippen LogP contribution is -2.45. The smallest absolute Gasteiger partial charge is 0.268 e. The Morgan fingerprint density at radius 3 is 1.93 bits per heavy atom. The SMILES string of the molecule is CCCCC/C=C\C/C=C\CCCCCCCC(=O)NC(COP(=O)([O-])OCC[N+](C)(C)C)C(O)/C=C/CCCCCCC. The molecule has 0 saturated carbocycles. The number of rotatable bonds is 30. The van der Waals surface area contributed by atoms with Crippen LogP contribution in [-0.2, 0) is 18.4 Å². The molecule has 0 aromatic carbocycles. The van der Waals surface area contributed by atoms with Gasteiger partial charge in [0.25, 0.3) is 7.82 Å². The van der Waals surface area contributed by atoms with Crippen molar-refractivity contribution >= 4 is 13.7 Å². The Bertz CT molecular complexity index is 825. The Morgan fingerprint density at radius 1 is 0.795 bits per heavy atom. The predicted molar refractivity (Wildman–Crippen MR) is 182 cm³/mol. The highest BCUT2D eigenvalue weighted by Gasteiger charge is 2.23. The Hall–Kier alpha value is -1.28. The number of carbonyl (C=O) groups excluding carboxylic acids is 1. The van der Waals surface area contributed by atoms with Crippen LogP contribution >= 0.6 is 7.82 Å². The molecule has 1 amide bonds. The third-order valence-corrected chi connectivity index (χ3v) is 8.31. The van der Waals surface area contributed by atoms with Crippen LogP contribution in [0.2, 0.25) is 0 Å². The van der Waals surface area contributed by atoms with Gasteiger partial charge in [0.2, 0.25) is 5.91 Å². The van der Waals surface area contributed by atoms with Gasteiger partial charge in [0.15, 0.2) is 0 Å². The number of quaternary nitrogens is 1. The molecule has 0 aliphatic carbocycles. The van der Waals surface area contributed by atoms with Crippen molar-refractivity contribution in [2.24, 2.45) is 0 Å². The molecule has 0 saturated heterocycles. The molecular formula is C35H67N2O6P. The summed E-state index contributed by atoms with van der Waals surface area (Å²) in [5, 5.41) is 13.5. The summed E-state index contributed by atoms with van der Waals surface area (Å²) in [6.45, 7) is 4.51. The number of hydrogen-bond donors (Lipinski definition) is 2. The van der Waals surface area contributed by atoms with Gasteiger partial charge in [0.1, 0.15) is 13.2 Å². The second-order valence-electron chi connectivity index (χ2n) is 12.9. The zero-order valence-electron chi connectivity index (χ0n) is 28.9. The lowest BCUT2D eigenvalue weighted by Gasteiger charge is -2.29. The molecule has 0 bridgehead atoms. The third-order valence-electron chi connectivity index (χ3n) is 7.34. The van der Waals surface area contributed by atoms with E-state index in [2.05, 4.69) is 43.5 Å². The van der Waals surface area contributed by atoms with Crippen molar-refractivity contribution in [2.75, 3.05) is 40.9 Å². The largest absolute Gasteiger partial charge is 0.756 e. The summed E-state index contributed by atoms with van der Waals surface area (Å²) < 4.78 is 22.9. The van der Waals surface area contributed by atoms with E-state index in [1.54, 1.807) is 6.08 Å². The number of carbonyl (C=O) groups is 1. The summed E-state index contributed by atoms with van der Waals surface area (Å²) in [5.41, 5.74) is 0. The fourth-order valence-corrected chi connectivity index (χ4v) is 5.20. The molecule has 258 valence electrons. The van der Waals surface area contributed by atoms with Crippen molar-refractivity contribution in [3.05, 3.63) is 36.5 Å². The molecule has 2 N–H and O–H groups in total. The summed E-state index contributed by atoms with van der Waals surface area (Å²) in [6.07, 6.45) is 30.6. The molecule has 0 rings (SSSR count). The van der Waals surface area contributed by atoms with Crippen molar-refractivity contribution in [3.63, 3.8) is 0 Å². The van der Waals surface area contributed by atoms with Gasteiger partial charge in [-0.3, -0.25) is 9.36 Å². The quantitative estimate of drug-likeness (QED) is 0.0359. The van der Waals surface area contributed by atoms with E-state index >= 15 is 0 Å². The number of nitrogens with zero attached hydrogens (tertiary/aromatic N) is 1. The molecule has 0 spiro atoms. The first-order chi connectivity index (χ1) is 21.0. The number of allylic oxidation sites excluding steroid dienone is 5. The molecule has 0 heterocycles. The van der Waals surface area contributed by atoms with Gasteiger partial charge < -0.3 is 28.8 Å². The summed E-state index contributed by atoms with van der Waals surface area (Å²) >= 11 is 0. The van der Waals surface area contributed by atoms with Gasteiger partial charge >= 0.3 is 0 Å². The predicted octanol–water partition coefficient (Wildman–Crippen LogP) is 7.77. The number of nitrogens with one attached hydrogen (secondary N) is 1. The Labute approximate surface area is 270 Å². The van der Waals surface area contributed by atoms with Crippen LogP contribution in [0.1, 0.15) is 129 Å². The van der Waals surface area contributed by atoms with Crippen LogP contribution in [0.3, 0.4) is 0 Å². The maximum atomic E-state index is 12.7. The molecule has 8 nitrogen and oxygen atoms in total. The van der Waals surface area contributed by atoms with E-state index in [1.165, 1.54) is 44.9 Å². The Kier molecular flexibility index (Phi) is 27.2. The minimum Gasteiger partial charge on any atom is -0.756 e. The number of phosphoric ester groups is 1. The third kappa shape index (κ3) is 29.4. The maximum Gasteiger partial charge on any atom is 0.268 e. The average Bonchev–Trinajstić information content (AvgIpc) is 2.95. The summed E-state index contributed by atoms with van der Waals surface area (Å²) in [7, 11) is 1.24. The Morgan fingerprint density at radius 2 is 1.32 bits per heavy atom. The van der Waals surface area contributed by atoms with Gasteiger partial charge in [-0.15, -0.1) is 0 Å². The van der Waals surface area contributed by atoms with Gasteiger partial charge in [-0.1, -0.05) is 108 Å². The fraction of sp³-hybridized carbons (Fsp3) is 0.800. The van der Waals surface area contributed by atoms with Crippen molar-refractivity contribution < 1.29 is 32.9 Å². The molecule has 9 heteroatoms. The van der Waals surface area contributed by atoms with Gasteiger partial charge in [0, 0.05) is 6.42 Å². The highest BCUT2D eigenvalue weighted by atomic mass is 31.2. The molecule has 44 heavy (non-hydrogen) atoms. The van der Waals surface area contributed by atoms with Gasteiger partial charge in [-0.25, -0.2) is 0 Å². The number of hydrogen-bond acceptors (Lipinski definition) is 6. The second-order valence-corrected chi connectivity index (χ2v) is 14.3. The summed E-state index contributed by atoms with van der Waals surface area (Å²) in [5.74, 6) is -0.219. The van der Waals surface area contributed by atoms with Crippen LogP contribution in [-0.4, -0.2) is 68.5 Å². The monoisotopic (exact) mass is 642 g/mol. The van der Waals surface area contributed by atoms with E-state index < -0.39 is 20.0 Å². The first kappa shape index (κ1) is 42.7. The maximum absolute atomic E-state index is 12.7. The number of likely N-dealkylation sites (N-methyl/N-ethyl adjacent to an activating group) is 1. The molecule has 3 unspecified atom stereocenters. The summed E-state index contributed by atoms with van der Waals surface area (Å²) in [4.78, 5) is 25.0. The number of aliphatic hydroxyl groups is 1. The number of unbranched alkanes of at least 4 members (excludes halogenated alkanes) is 13. The molecule has 0 radical (unpaired) electrons. The van der Waals surface area contributed by atoms with E-state index in [0.29, 0.717) is 17.4 Å². The molecule has 0 aromatic heterocycles. The Balaban J connectivity index is 4.52. The van der Waals surface area contributed by atoms with Crippen molar-refractivity contribution in [2.45, 2.75) is 142 Å². The molecule has 3 atom stereocenters. The minimum atomic E-state index is -4.57. The van der Waals surface area contributed by atoms with Crippen LogP contribution in [0.5, 0.6) is 0 Å². The average molecular weight is 643 g/mol. The number of amides is 1. The lowest BCUT2D eigenvalue weighted by molar-refractivity contribution is -0.870. The zero-order valence-corrected chi connectivity index (χ0v) is 29.7. The summed E-state index contributed by atoms with van der Waals surface area (Å²) in [6, 6.07) is -0.888. The highest BCUT2D eigenvalue weighted by molar-refractivity contribution is 7.45. The van der Waals surface area contributed by atoms with Crippen molar-refractivity contribution in [1.82, 2.24) is 5.32 Å². The van der Waals surface area contributed by atoms with E-state index in [-0.39, 0.29) is 19.1 Å². The number of phosphoric acid groups is 1. The molecule has 0 fully saturated rings. The van der Waals surface area contributed by atoms with E-state index in [0.717, 1.165) is 64.2 Å². The van der Waals surface area contributed by atoms with Crippen LogP contribution < -0.4 is 10.2 Å². The molecule has 0 aromatic rings. The highest BCUT2D eigenvalue weighted by Crippen LogP contribution is 2.38. The fourth-order valence-electron chi connectivity index (χ4n) is 4.47. The minimum absolute atomic E-state index is 0.00534. The normalized spacial score (nSPS) is 15.3. The van der Waals surface area contributed by atoms with Crippen molar-refractivity contribution in [3.8, 4) is 0 Å². The van der Waals surface area contributed by atoms with E-state index in [1.807, 2.05) is 27.2 Å². The van der Waals surface area contributed by atoms with Crippen LogP contribution in [0.25, 0.3) is 0 Å². The van der Waals surface area contributed by atoms with Crippen LogP contribution in [0.15, 0.2) is 36.5 Å². The standard InChI is InChI=1S/C35H67N2O6P/c1-6-8-10-12-14-15-16-17-18-19-20-21-23-25-27-29-35(39)36-33(34(38)28-26-24-22-13-11-9-7-2)32-43-44(40,41)42-31-30-37(3,4)5/h14-15,17-18,26,28,33-34,38H,6-13,16,19-25,27,29-32H2,1-5H3,(H-,36,39,40,41)/b15-14-,18-17-,28-26+. The zero-order chi connectivity index (χ0) is 32.9. The van der Waals surface area contributed by atoms with Crippen molar-refractivity contribution in [1.29, 1.82) is 0 Å². The first-order valence-corrected chi connectivity index (χ1v) is 18.8. The topological polar surface area (TPSA) is 108 Å². The first-order valence-electron chi connectivity index (χ1n) is 17.4. The van der Waals surface area contributed by atoms with E-state index in [9.17, 15) is 19.4 Å². The molecule has 0 aliphatic heterocycles.